The molecule has 1 atom stereocenters. The van der Waals surface area contributed by atoms with Crippen molar-refractivity contribution >= 4 is 10.8 Å². The molecule has 2 heteroatoms. The Hall–Kier alpha value is -1.54. The fourth-order valence-corrected chi connectivity index (χ4v) is 2.17. The van der Waals surface area contributed by atoms with E-state index in [4.69, 9.17) is 10.5 Å². The van der Waals surface area contributed by atoms with E-state index in [1.807, 2.05) is 12.1 Å². The Morgan fingerprint density at radius 1 is 1.20 bits per heavy atom. The van der Waals surface area contributed by atoms with Gasteiger partial charge >= 0.3 is 0 Å². The van der Waals surface area contributed by atoms with Crippen molar-refractivity contribution in [3.05, 3.63) is 42.0 Å². The summed E-state index contributed by atoms with van der Waals surface area (Å²) in [4.78, 5) is 0. The first-order valence-corrected chi connectivity index (χ1v) is 5.26. The SMILES string of the molecule is NCC1Cc2ccc3ccccc3c2O1. The minimum absolute atomic E-state index is 0.158. The molecule has 1 aliphatic rings. The Kier molecular flexibility index (Phi) is 1.89. The van der Waals surface area contributed by atoms with Crippen LogP contribution in [0.1, 0.15) is 5.56 Å². The van der Waals surface area contributed by atoms with Gasteiger partial charge in [-0.05, 0) is 10.9 Å². The van der Waals surface area contributed by atoms with Crippen molar-refractivity contribution in [2.75, 3.05) is 6.54 Å². The van der Waals surface area contributed by atoms with Crippen LogP contribution in [-0.2, 0) is 6.42 Å². The molecule has 76 valence electrons. The summed E-state index contributed by atoms with van der Waals surface area (Å²) in [7, 11) is 0. The van der Waals surface area contributed by atoms with Crippen LogP contribution in [0.15, 0.2) is 36.4 Å². The number of hydrogen-bond donors (Lipinski definition) is 1. The highest BCUT2D eigenvalue weighted by Crippen LogP contribution is 2.35. The minimum Gasteiger partial charge on any atom is -0.488 e. The topological polar surface area (TPSA) is 35.2 Å². The van der Waals surface area contributed by atoms with Crippen LogP contribution in [0.5, 0.6) is 5.75 Å². The van der Waals surface area contributed by atoms with E-state index in [1.54, 1.807) is 0 Å². The summed E-state index contributed by atoms with van der Waals surface area (Å²) in [6.07, 6.45) is 1.10. The van der Waals surface area contributed by atoms with Crippen LogP contribution in [0.25, 0.3) is 10.8 Å². The molecule has 0 radical (unpaired) electrons. The molecule has 2 aromatic carbocycles. The van der Waals surface area contributed by atoms with Crippen LogP contribution in [0, 0.1) is 0 Å². The van der Waals surface area contributed by atoms with Gasteiger partial charge in [-0.25, -0.2) is 0 Å². The maximum atomic E-state index is 5.84. The van der Waals surface area contributed by atoms with Gasteiger partial charge in [0.1, 0.15) is 11.9 Å². The first kappa shape index (κ1) is 8.74. The maximum Gasteiger partial charge on any atom is 0.130 e. The molecule has 2 nitrogen and oxygen atoms in total. The van der Waals surface area contributed by atoms with Gasteiger partial charge in [0.2, 0.25) is 0 Å². The summed E-state index contributed by atoms with van der Waals surface area (Å²) in [5.74, 6) is 1.03. The van der Waals surface area contributed by atoms with Crippen molar-refractivity contribution in [3.63, 3.8) is 0 Å². The van der Waals surface area contributed by atoms with Gasteiger partial charge < -0.3 is 10.5 Å². The lowest BCUT2D eigenvalue weighted by molar-refractivity contribution is 0.244. The van der Waals surface area contributed by atoms with Crippen molar-refractivity contribution in [1.82, 2.24) is 0 Å². The second-order valence-corrected chi connectivity index (χ2v) is 3.95. The third kappa shape index (κ3) is 1.29. The second-order valence-electron chi connectivity index (χ2n) is 3.95. The molecule has 3 rings (SSSR count). The van der Waals surface area contributed by atoms with E-state index in [0.29, 0.717) is 6.54 Å². The predicted octanol–water partition coefficient (Wildman–Crippen LogP) is 2.10. The molecule has 0 aromatic heterocycles. The van der Waals surface area contributed by atoms with Gasteiger partial charge in [0.05, 0.1) is 0 Å². The van der Waals surface area contributed by atoms with E-state index in [0.717, 1.165) is 12.2 Å². The smallest absolute Gasteiger partial charge is 0.130 e. The fraction of sp³-hybridized carbons (Fsp3) is 0.231. The summed E-state index contributed by atoms with van der Waals surface area (Å²) in [5, 5.41) is 2.43. The second kappa shape index (κ2) is 3.24. The Balaban J connectivity index is 2.20. The minimum atomic E-state index is 0.158. The molecule has 0 saturated heterocycles. The average Bonchev–Trinajstić information content (AvgIpc) is 2.72. The molecule has 1 aliphatic heterocycles. The van der Waals surface area contributed by atoms with Crippen molar-refractivity contribution in [2.24, 2.45) is 5.73 Å². The summed E-state index contributed by atoms with van der Waals surface area (Å²) < 4.78 is 5.84. The summed E-state index contributed by atoms with van der Waals surface area (Å²) in [6, 6.07) is 12.6. The molecule has 1 heterocycles. The molecule has 0 aliphatic carbocycles. The zero-order valence-corrected chi connectivity index (χ0v) is 8.44. The highest BCUT2D eigenvalue weighted by molar-refractivity contribution is 5.90. The van der Waals surface area contributed by atoms with Crippen molar-refractivity contribution in [2.45, 2.75) is 12.5 Å². The van der Waals surface area contributed by atoms with Crippen LogP contribution < -0.4 is 10.5 Å². The van der Waals surface area contributed by atoms with Crippen LogP contribution in [-0.4, -0.2) is 12.6 Å². The summed E-state index contributed by atoms with van der Waals surface area (Å²) in [5.41, 5.74) is 6.91. The molecule has 2 aromatic rings. The summed E-state index contributed by atoms with van der Waals surface area (Å²) >= 11 is 0. The largest absolute Gasteiger partial charge is 0.488 e. The van der Waals surface area contributed by atoms with E-state index in [9.17, 15) is 0 Å². The normalized spacial score (nSPS) is 18.9. The molecule has 0 bridgehead atoms. The molecule has 0 amide bonds. The predicted molar refractivity (Wildman–Crippen MR) is 61.1 cm³/mol. The van der Waals surface area contributed by atoms with Crippen LogP contribution in [0.2, 0.25) is 0 Å². The summed E-state index contributed by atoms with van der Waals surface area (Å²) in [6.45, 7) is 0.586. The van der Waals surface area contributed by atoms with E-state index < -0.39 is 0 Å². The number of hydrogen-bond acceptors (Lipinski definition) is 2. The Morgan fingerprint density at radius 3 is 2.93 bits per heavy atom. The number of rotatable bonds is 1. The lowest BCUT2D eigenvalue weighted by Crippen LogP contribution is -2.24. The van der Waals surface area contributed by atoms with Gasteiger partial charge in [-0.15, -0.1) is 0 Å². The molecule has 1 unspecified atom stereocenters. The van der Waals surface area contributed by atoms with E-state index in [1.165, 1.54) is 16.3 Å². The lowest BCUT2D eigenvalue weighted by atomic mass is 10.0. The van der Waals surface area contributed by atoms with E-state index in [-0.39, 0.29) is 6.10 Å². The zero-order valence-electron chi connectivity index (χ0n) is 8.44. The highest BCUT2D eigenvalue weighted by Gasteiger charge is 2.22. The zero-order chi connectivity index (χ0) is 10.3. The number of ether oxygens (including phenoxy) is 1. The van der Waals surface area contributed by atoms with Crippen molar-refractivity contribution < 1.29 is 4.74 Å². The van der Waals surface area contributed by atoms with Crippen molar-refractivity contribution in [1.29, 1.82) is 0 Å². The molecular formula is C13H13NO. The fourth-order valence-electron chi connectivity index (χ4n) is 2.17. The lowest BCUT2D eigenvalue weighted by Gasteiger charge is -2.08. The number of benzene rings is 2. The van der Waals surface area contributed by atoms with E-state index in [2.05, 4.69) is 24.3 Å². The first-order chi connectivity index (χ1) is 7.38. The monoisotopic (exact) mass is 199 g/mol. The maximum absolute atomic E-state index is 5.84. The molecule has 15 heavy (non-hydrogen) atoms. The molecule has 0 saturated carbocycles. The highest BCUT2D eigenvalue weighted by atomic mass is 16.5. The molecule has 0 fully saturated rings. The average molecular weight is 199 g/mol. The quantitative estimate of drug-likeness (QED) is 0.763. The van der Waals surface area contributed by atoms with Crippen molar-refractivity contribution in [3.8, 4) is 5.75 Å². The van der Waals surface area contributed by atoms with Gasteiger partial charge in [-0.2, -0.15) is 0 Å². The first-order valence-electron chi connectivity index (χ1n) is 5.26. The number of fused-ring (bicyclic) bond motifs is 3. The molecular weight excluding hydrogens is 186 g/mol. The molecule has 0 spiro atoms. The van der Waals surface area contributed by atoms with Gasteiger partial charge in [-0.1, -0.05) is 36.4 Å². The standard InChI is InChI=1S/C13H13NO/c14-8-11-7-10-6-5-9-3-1-2-4-12(9)13(10)15-11/h1-6,11H,7-8,14H2. The third-order valence-electron chi connectivity index (χ3n) is 2.96. The third-order valence-corrected chi connectivity index (χ3v) is 2.96. The Labute approximate surface area is 88.7 Å². The van der Waals surface area contributed by atoms with Crippen LogP contribution in [0.3, 0.4) is 0 Å². The Morgan fingerprint density at radius 2 is 2.07 bits per heavy atom. The van der Waals surface area contributed by atoms with Gasteiger partial charge in [-0.3, -0.25) is 0 Å². The van der Waals surface area contributed by atoms with Crippen LogP contribution >= 0.6 is 0 Å². The number of nitrogens with two attached hydrogens (primary N) is 1. The molecule has 2 N–H and O–H groups in total. The van der Waals surface area contributed by atoms with Gasteiger partial charge in [0, 0.05) is 18.4 Å². The Bertz CT molecular complexity index is 507. The van der Waals surface area contributed by atoms with Gasteiger partial charge in [0.15, 0.2) is 0 Å². The van der Waals surface area contributed by atoms with Gasteiger partial charge in [0.25, 0.3) is 0 Å². The van der Waals surface area contributed by atoms with Crippen LogP contribution in [0.4, 0.5) is 0 Å². The van der Waals surface area contributed by atoms with E-state index >= 15 is 0 Å².